The second-order valence-corrected chi connectivity index (χ2v) is 6.35. The molecule has 4 nitrogen and oxygen atoms in total. The summed E-state index contributed by atoms with van der Waals surface area (Å²) in [6, 6.07) is 0. The van der Waals surface area contributed by atoms with Crippen LogP contribution in [-0.4, -0.2) is 23.2 Å². The summed E-state index contributed by atoms with van der Waals surface area (Å²) in [5.74, 6) is 1.49. The number of aromatic nitrogens is 2. The number of H-pyrrole nitrogens is 1. The zero-order chi connectivity index (χ0) is 14.7. The highest BCUT2D eigenvalue weighted by Gasteiger charge is 2.28. The highest BCUT2D eigenvalue weighted by atomic mass is 32.1. The summed E-state index contributed by atoms with van der Waals surface area (Å²) in [5.41, 5.74) is 2.25. The number of hydrogen-bond donors (Lipinski definition) is 1. The zero-order valence-electron chi connectivity index (χ0n) is 12.7. The van der Waals surface area contributed by atoms with Gasteiger partial charge in [0.2, 0.25) is 0 Å². The van der Waals surface area contributed by atoms with Gasteiger partial charge in [0.05, 0.1) is 13.2 Å². The minimum Gasteiger partial charge on any atom is -0.376 e. The maximum atomic E-state index is 6.04. The Labute approximate surface area is 131 Å². The molecule has 0 spiro atoms. The standard InChI is InChI=1S/C16H24N2O2S/c1-2-20-14(11-6-4-3-5-7-11)15-17-13-8-9-19-10-12(13)16(21)18-15/h11,14H,2-10H2,1H3,(H,17,18,21). The highest BCUT2D eigenvalue weighted by molar-refractivity contribution is 7.71. The van der Waals surface area contributed by atoms with E-state index in [2.05, 4.69) is 16.9 Å². The largest absolute Gasteiger partial charge is 0.376 e. The molecule has 0 aromatic carbocycles. The lowest BCUT2D eigenvalue weighted by Crippen LogP contribution is -2.23. The topological polar surface area (TPSA) is 47.1 Å². The van der Waals surface area contributed by atoms with E-state index >= 15 is 0 Å². The lowest BCUT2D eigenvalue weighted by atomic mass is 9.84. The fourth-order valence-corrected chi connectivity index (χ4v) is 3.74. The van der Waals surface area contributed by atoms with Crippen LogP contribution in [0.5, 0.6) is 0 Å². The fourth-order valence-electron chi connectivity index (χ4n) is 3.46. The van der Waals surface area contributed by atoms with E-state index in [-0.39, 0.29) is 6.10 Å². The smallest absolute Gasteiger partial charge is 0.137 e. The molecule has 1 fully saturated rings. The molecule has 3 rings (SSSR count). The molecule has 1 unspecified atom stereocenters. The predicted octanol–water partition coefficient (Wildman–Crippen LogP) is 3.87. The molecule has 5 heteroatoms. The molecule has 0 bridgehead atoms. The number of rotatable bonds is 4. The van der Waals surface area contributed by atoms with Crippen molar-refractivity contribution in [2.75, 3.05) is 13.2 Å². The second kappa shape index (κ2) is 6.99. The van der Waals surface area contributed by atoms with E-state index < -0.39 is 0 Å². The monoisotopic (exact) mass is 308 g/mol. The molecule has 116 valence electrons. The average Bonchev–Trinajstić information content (AvgIpc) is 2.53. The first-order valence-corrected chi connectivity index (χ1v) is 8.51. The summed E-state index contributed by atoms with van der Waals surface area (Å²) in [6.07, 6.45) is 7.35. The van der Waals surface area contributed by atoms with Gasteiger partial charge in [-0.15, -0.1) is 0 Å². The Morgan fingerprint density at radius 1 is 1.38 bits per heavy atom. The predicted molar refractivity (Wildman–Crippen MR) is 83.7 cm³/mol. The zero-order valence-corrected chi connectivity index (χ0v) is 13.5. The normalized spacial score (nSPS) is 21.0. The van der Waals surface area contributed by atoms with Gasteiger partial charge in [0.1, 0.15) is 16.6 Å². The molecule has 0 amide bonds. The Morgan fingerprint density at radius 2 is 2.19 bits per heavy atom. The number of aromatic amines is 1. The summed E-state index contributed by atoms with van der Waals surface area (Å²) >= 11 is 5.46. The van der Waals surface area contributed by atoms with Crippen LogP contribution in [0.2, 0.25) is 0 Å². The van der Waals surface area contributed by atoms with Gasteiger partial charge in [0.15, 0.2) is 0 Å². The Kier molecular flexibility index (Phi) is 5.03. The summed E-state index contributed by atoms with van der Waals surface area (Å²) in [6.45, 7) is 4.10. The first-order valence-electron chi connectivity index (χ1n) is 8.11. The molecule has 2 aliphatic rings. The number of ether oxygens (including phenoxy) is 2. The van der Waals surface area contributed by atoms with Crippen LogP contribution in [0.4, 0.5) is 0 Å². The van der Waals surface area contributed by atoms with Crippen molar-refractivity contribution in [1.82, 2.24) is 9.97 Å². The first-order chi connectivity index (χ1) is 10.3. The van der Waals surface area contributed by atoms with Crippen LogP contribution in [0.15, 0.2) is 0 Å². The maximum absolute atomic E-state index is 6.04. The summed E-state index contributed by atoms with van der Waals surface area (Å²) in [7, 11) is 0. The van der Waals surface area contributed by atoms with Crippen LogP contribution in [-0.2, 0) is 22.5 Å². The van der Waals surface area contributed by atoms with Crippen molar-refractivity contribution < 1.29 is 9.47 Å². The van der Waals surface area contributed by atoms with Crippen LogP contribution in [0, 0.1) is 10.6 Å². The van der Waals surface area contributed by atoms with E-state index in [1.807, 2.05) is 0 Å². The summed E-state index contributed by atoms with van der Waals surface area (Å²) < 4.78 is 12.2. The van der Waals surface area contributed by atoms with Gasteiger partial charge in [-0.3, -0.25) is 0 Å². The molecule has 0 saturated heterocycles. The van der Waals surface area contributed by atoms with E-state index in [1.165, 1.54) is 37.8 Å². The maximum Gasteiger partial charge on any atom is 0.137 e. The minimum atomic E-state index is 0.0603. The molecule has 1 aliphatic carbocycles. The Morgan fingerprint density at radius 3 is 2.95 bits per heavy atom. The van der Waals surface area contributed by atoms with E-state index in [4.69, 9.17) is 21.7 Å². The number of fused-ring (bicyclic) bond motifs is 1. The van der Waals surface area contributed by atoms with Crippen LogP contribution in [0.25, 0.3) is 0 Å². The highest BCUT2D eigenvalue weighted by Crippen LogP contribution is 2.36. The molecule has 2 heterocycles. The molecule has 0 radical (unpaired) electrons. The number of nitrogens with zero attached hydrogens (tertiary/aromatic N) is 1. The van der Waals surface area contributed by atoms with Crippen molar-refractivity contribution in [3.63, 3.8) is 0 Å². The summed E-state index contributed by atoms with van der Waals surface area (Å²) in [5, 5.41) is 0. The number of nitrogens with one attached hydrogen (secondary N) is 1. The van der Waals surface area contributed by atoms with Crippen molar-refractivity contribution in [3.05, 3.63) is 21.7 Å². The second-order valence-electron chi connectivity index (χ2n) is 5.96. The van der Waals surface area contributed by atoms with Crippen LogP contribution in [0.1, 0.15) is 62.2 Å². The van der Waals surface area contributed by atoms with E-state index in [9.17, 15) is 0 Å². The first kappa shape index (κ1) is 15.1. The van der Waals surface area contributed by atoms with Gasteiger partial charge in [-0.05, 0) is 25.7 Å². The molecule has 1 saturated carbocycles. The lowest BCUT2D eigenvalue weighted by molar-refractivity contribution is -0.000772. The molecule has 1 aromatic heterocycles. The molecule has 1 aromatic rings. The van der Waals surface area contributed by atoms with Gasteiger partial charge in [-0.2, -0.15) is 0 Å². The van der Waals surface area contributed by atoms with Gasteiger partial charge in [0, 0.05) is 24.3 Å². The molecule has 1 atom stereocenters. The molecule has 1 N–H and O–H groups in total. The van der Waals surface area contributed by atoms with Crippen LogP contribution >= 0.6 is 12.2 Å². The van der Waals surface area contributed by atoms with Crippen LogP contribution in [0.3, 0.4) is 0 Å². The fraction of sp³-hybridized carbons (Fsp3) is 0.750. The van der Waals surface area contributed by atoms with Crippen molar-refractivity contribution in [3.8, 4) is 0 Å². The van der Waals surface area contributed by atoms with E-state index in [0.717, 1.165) is 24.4 Å². The average molecular weight is 308 g/mol. The van der Waals surface area contributed by atoms with Gasteiger partial charge >= 0.3 is 0 Å². The SMILES string of the molecule is CCOC(c1nc(=S)c2c([nH]1)CCOC2)C1CCCCC1. The minimum absolute atomic E-state index is 0.0603. The molecule has 1 aliphatic heterocycles. The van der Waals surface area contributed by atoms with Crippen LogP contribution < -0.4 is 0 Å². The number of hydrogen-bond acceptors (Lipinski definition) is 4. The lowest BCUT2D eigenvalue weighted by Gasteiger charge is -2.30. The van der Waals surface area contributed by atoms with Gasteiger partial charge in [-0.25, -0.2) is 4.98 Å². The Hall–Kier alpha value is -0.780. The van der Waals surface area contributed by atoms with Crippen molar-refractivity contribution in [1.29, 1.82) is 0 Å². The Balaban J connectivity index is 1.91. The molecule has 21 heavy (non-hydrogen) atoms. The van der Waals surface area contributed by atoms with E-state index in [1.54, 1.807) is 0 Å². The third-order valence-electron chi connectivity index (χ3n) is 4.56. The van der Waals surface area contributed by atoms with Gasteiger partial charge < -0.3 is 14.5 Å². The molecular formula is C16H24N2O2S. The Bertz CT molecular complexity index is 538. The summed E-state index contributed by atoms with van der Waals surface area (Å²) in [4.78, 5) is 8.14. The van der Waals surface area contributed by atoms with Gasteiger partial charge in [-0.1, -0.05) is 31.5 Å². The van der Waals surface area contributed by atoms with E-state index in [0.29, 0.717) is 23.8 Å². The van der Waals surface area contributed by atoms with Crippen molar-refractivity contribution in [2.24, 2.45) is 5.92 Å². The van der Waals surface area contributed by atoms with Gasteiger partial charge in [0.25, 0.3) is 0 Å². The quantitative estimate of drug-likeness (QED) is 0.858. The third kappa shape index (κ3) is 3.35. The van der Waals surface area contributed by atoms with Crippen molar-refractivity contribution >= 4 is 12.2 Å². The van der Waals surface area contributed by atoms with Crippen molar-refractivity contribution in [2.45, 2.75) is 58.2 Å². The third-order valence-corrected chi connectivity index (χ3v) is 4.90. The molecular weight excluding hydrogens is 284 g/mol.